The molecule has 19 heavy (non-hydrogen) atoms. The third kappa shape index (κ3) is 2.34. The average molecular weight is 292 g/mol. The molecule has 0 saturated heterocycles. The SMILES string of the molecule is O=C(c1cc(Cl)ccc1Cl)C1Cc2ccccc2N1. The normalized spacial score (nSPS) is 16.8. The monoisotopic (exact) mass is 291 g/mol. The van der Waals surface area contributed by atoms with Crippen LogP contribution in [-0.4, -0.2) is 11.8 Å². The molecule has 1 N–H and O–H groups in total. The van der Waals surface area contributed by atoms with Crippen LogP contribution in [0.4, 0.5) is 5.69 Å². The van der Waals surface area contributed by atoms with Crippen LogP contribution in [0.2, 0.25) is 10.0 Å². The number of benzene rings is 2. The first-order chi connectivity index (χ1) is 9.15. The number of rotatable bonds is 2. The van der Waals surface area contributed by atoms with Gasteiger partial charge in [-0.25, -0.2) is 0 Å². The van der Waals surface area contributed by atoms with Gasteiger partial charge in [0.2, 0.25) is 0 Å². The predicted octanol–water partition coefficient (Wildman–Crippen LogP) is 4.21. The third-order valence-corrected chi connectivity index (χ3v) is 3.85. The number of carbonyl (C=O) groups is 1. The lowest BCUT2D eigenvalue weighted by Gasteiger charge is -2.11. The van der Waals surface area contributed by atoms with Crippen molar-refractivity contribution in [3.05, 3.63) is 63.6 Å². The predicted molar refractivity (Wildman–Crippen MR) is 78.3 cm³/mol. The maximum Gasteiger partial charge on any atom is 0.186 e. The third-order valence-electron chi connectivity index (χ3n) is 3.28. The van der Waals surface area contributed by atoms with Gasteiger partial charge < -0.3 is 5.32 Å². The molecule has 2 aromatic carbocycles. The second-order valence-corrected chi connectivity index (χ2v) is 5.39. The van der Waals surface area contributed by atoms with E-state index in [2.05, 4.69) is 5.32 Å². The fraction of sp³-hybridized carbons (Fsp3) is 0.133. The molecule has 3 rings (SSSR count). The van der Waals surface area contributed by atoms with E-state index in [1.54, 1.807) is 18.2 Å². The van der Waals surface area contributed by atoms with E-state index in [1.807, 2.05) is 24.3 Å². The van der Waals surface area contributed by atoms with Crippen molar-refractivity contribution in [2.24, 2.45) is 0 Å². The Labute approximate surface area is 121 Å². The molecule has 96 valence electrons. The minimum atomic E-state index is -0.270. The first kappa shape index (κ1) is 12.5. The van der Waals surface area contributed by atoms with E-state index in [4.69, 9.17) is 23.2 Å². The number of hydrogen-bond acceptors (Lipinski definition) is 2. The molecule has 1 heterocycles. The summed E-state index contributed by atoms with van der Waals surface area (Å²) in [6.45, 7) is 0. The number of carbonyl (C=O) groups excluding carboxylic acids is 1. The van der Waals surface area contributed by atoms with E-state index < -0.39 is 0 Å². The molecule has 4 heteroatoms. The molecule has 1 aliphatic heterocycles. The quantitative estimate of drug-likeness (QED) is 0.840. The highest BCUT2D eigenvalue weighted by molar-refractivity contribution is 6.36. The molecule has 0 fully saturated rings. The maximum absolute atomic E-state index is 12.5. The summed E-state index contributed by atoms with van der Waals surface area (Å²) in [7, 11) is 0. The lowest BCUT2D eigenvalue weighted by atomic mass is 10.0. The number of nitrogens with one attached hydrogen (secondary N) is 1. The van der Waals surface area contributed by atoms with Gasteiger partial charge in [-0.2, -0.15) is 0 Å². The first-order valence-corrected chi connectivity index (χ1v) is 6.74. The van der Waals surface area contributed by atoms with Crippen molar-refractivity contribution < 1.29 is 4.79 Å². The molecule has 2 nitrogen and oxygen atoms in total. The minimum Gasteiger partial charge on any atom is -0.374 e. The van der Waals surface area contributed by atoms with Crippen LogP contribution in [0.1, 0.15) is 15.9 Å². The van der Waals surface area contributed by atoms with E-state index in [1.165, 1.54) is 0 Å². The zero-order chi connectivity index (χ0) is 13.4. The van der Waals surface area contributed by atoms with Crippen molar-refractivity contribution in [1.82, 2.24) is 0 Å². The van der Waals surface area contributed by atoms with Gasteiger partial charge in [0.1, 0.15) is 0 Å². The fourth-order valence-electron chi connectivity index (χ4n) is 2.33. The van der Waals surface area contributed by atoms with E-state index >= 15 is 0 Å². The number of anilines is 1. The fourth-order valence-corrected chi connectivity index (χ4v) is 2.71. The minimum absolute atomic E-state index is 0.0244. The Bertz CT molecular complexity index is 629. The van der Waals surface area contributed by atoms with Crippen molar-refractivity contribution in [2.75, 3.05) is 5.32 Å². The average Bonchev–Trinajstić information content (AvgIpc) is 2.84. The van der Waals surface area contributed by atoms with Crippen LogP contribution in [0.3, 0.4) is 0 Å². The Balaban J connectivity index is 1.89. The highest BCUT2D eigenvalue weighted by atomic mass is 35.5. The maximum atomic E-state index is 12.5. The van der Waals surface area contributed by atoms with Crippen molar-refractivity contribution in [3.63, 3.8) is 0 Å². The molecule has 0 aromatic heterocycles. The van der Waals surface area contributed by atoms with Crippen LogP contribution < -0.4 is 5.32 Å². The lowest BCUT2D eigenvalue weighted by molar-refractivity contribution is 0.0972. The Kier molecular flexibility index (Phi) is 3.21. The highest BCUT2D eigenvalue weighted by Gasteiger charge is 2.28. The molecule has 1 unspecified atom stereocenters. The number of hydrogen-bond donors (Lipinski definition) is 1. The Hall–Kier alpha value is -1.51. The zero-order valence-corrected chi connectivity index (χ0v) is 11.5. The van der Waals surface area contributed by atoms with Gasteiger partial charge in [-0.05, 0) is 29.8 Å². The summed E-state index contributed by atoms with van der Waals surface area (Å²) >= 11 is 12.0. The molecular formula is C15H11Cl2NO. The Morgan fingerprint density at radius 2 is 1.95 bits per heavy atom. The molecule has 2 aromatic rings. The molecule has 0 radical (unpaired) electrons. The number of Topliss-reactive ketones (excluding diaryl/α,β-unsaturated/α-hetero) is 1. The topological polar surface area (TPSA) is 29.1 Å². The molecular weight excluding hydrogens is 281 g/mol. The van der Waals surface area contributed by atoms with Crippen molar-refractivity contribution in [2.45, 2.75) is 12.5 Å². The second kappa shape index (κ2) is 4.87. The highest BCUT2D eigenvalue weighted by Crippen LogP contribution is 2.29. The van der Waals surface area contributed by atoms with E-state index in [0.717, 1.165) is 11.3 Å². The molecule has 0 amide bonds. The summed E-state index contributed by atoms with van der Waals surface area (Å²) in [4.78, 5) is 12.5. The smallest absolute Gasteiger partial charge is 0.186 e. The van der Waals surface area contributed by atoms with Gasteiger partial charge >= 0.3 is 0 Å². The van der Waals surface area contributed by atoms with E-state index in [9.17, 15) is 4.79 Å². The Morgan fingerprint density at radius 1 is 1.16 bits per heavy atom. The zero-order valence-electron chi connectivity index (χ0n) is 9.99. The van der Waals surface area contributed by atoms with Crippen LogP contribution in [-0.2, 0) is 6.42 Å². The van der Waals surface area contributed by atoms with Gasteiger partial charge in [0.05, 0.1) is 11.1 Å². The lowest BCUT2D eigenvalue weighted by Crippen LogP contribution is -2.27. The van der Waals surface area contributed by atoms with Crippen LogP contribution in [0.15, 0.2) is 42.5 Å². The standard InChI is InChI=1S/C15H11Cl2NO/c16-10-5-6-12(17)11(8-10)15(19)14-7-9-3-1-2-4-13(9)18-14/h1-6,8,14,18H,7H2. The van der Waals surface area contributed by atoms with Crippen molar-refractivity contribution >= 4 is 34.7 Å². The largest absolute Gasteiger partial charge is 0.374 e. The second-order valence-electron chi connectivity index (χ2n) is 4.55. The molecule has 0 aliphatic carbocycles. The molecule has 1 aliphatic rings. The van der Waals surface area contributed by atoms with E-state index in [-0.39, 0.29) is 11.8 Å². The van der Waals surface area contributed by atoms with Crippen LogP contribution in [0, 0.1) is 0 Å². The summed E-state index contributed by atoms with van der Waals surface area (Å²) in [5, 5.41) is 4.18. The van der Waals surface area contributed by atoms with Crippen molar-refractivity contribution in [3.8, 4) is 0 Å². The molecule has 0 bridgehead atoms. The van der Waals surface area contributed by atoms with Crippen LogP contribution in [0.25, 0.3) is 0 Å². The number of fused-ring (bicyclic) bond motifs is 1. The van der Waals surface area contributed by atoms with Crippen LogP contribution in [0.5, 0.6) is 0 Å². The summed E-state index contributed by atoms with van der Waals surface area (Å²) < 4.78 is 0. The number of para-hydroxylation sites is 1. The van der Waals surface area contributed by atoms with Gasteiger partial charge in [0.15, 0.2) is 5.78 Å². The summed E-state index contributed by atoms with van der Waals surface area (Å²) in [5.41, 5.74) is 2.64. The van der Waals surface area contributed by atoms with Gasteiger partial charge in [0.25, 0.3) is 0 Å². The first-order valence-electron chi connectivity index (χ1n) is 5.99. The summed E-state index contributed by atoms with van der Waals surface area (Å²) in [6, 6.07) is 12.6. The molecule has 1 atom stereocenters. The van der Waals surface area contributed by atoms with Crippen molar-refractivity contribution in [1.29, 1.82) is 0 Å². The van der Waals surface area contributed by atoms with E-state index in [0.29, 0.717) is 22.0 Å². The number of ketones is 1. The van der Waals surface area contributed by atoms with Gasteiger partial charge in [0, 0.05) is 22.7 Å². The Morgan fingerprint density at radius 3 is 2.74 bits per heavy atom. The van der Waals surface area contributed by atoms with Gasteiger partial charge in [-0.3, -0.25) is 4.79 Å². The molecule has 0 spiro atoms. The van der Waals surface area contributed by atoms with Gasteiger partial charge in [-0.15, -0.1) is 0 Å². The van der Waals surface area contributed by atoms with Crippen LogP contribution >= 0.6 is 23.2 Å². The molecule has 0 saturated carbocycles. The summed E-state index contributed by atoms with van der Waals surface area (Å²) in [6.07, 6.45) is 0.678. The summed E-state index contributed by atoms with van der Waals surface area (Å²) in [5.74, 6) is -0.0244. The van der Waals surface area contributed by atoms with Gasteiger partial charge in [-0.1, -0.05) is 41.4 Å². The number of halogens is 2.